The SMILES string of the molecule is CCc1c(C(=O)O)c(Cl)nc2c(Cl)cccc12. The summed E-state index contributed by atoms with van der Waals surface area (Å²) in [5.74, 6) is -1.07. The van der Waals surface area contributed by atoms with Crippen molar-refractivity contribution in [2.75, 3.05) is 0 Å². The van der Waals surface area contributed by atoms with Crippen molar-refractivity contribution in [3.8, 4) is 0 Å². The second kappa shape index (κ2) is 4.51. The van der Waals surface area contributed by atoms with E-state index < -0.39 is 5.97 Å². The van der Waals surface area contributed by atoms with Gasteiger partial charge in [-0.05, 0) is 18.1 Å². The number of nitrogens with zero attached hydrogens (tertiary/aromatic N) is 1. The van der Waals surface area contributed by atoms with E-state index in [1.54, 1.807) is 18.2 Å². The number of carboxylic acids is 1. The Morgan fingerprint density at radius 3 is 2.71 bits per heavy atom. The summed E-state index contributed by atoms with van der Waals surface area (Å²) in [6, 6.07) is 5.27. The first-order valence-corrected chi connectivity index (χ1v) is 5.81. The van der Waals surface area contributed by atoms with E-state index in [2.05, 4.69) is 4.98 Å². The number of aryl methyl sites for hydroxylation is 1. The minimum Gasteiger partial charge on any atom is -0.478 e. The van der Waals surface area contributed by atoms with Crippen LogP contribution < -0.4 is 0 Å². The highest BCUT2D eigenvalue weighted by molar-refractivity contribution is 6.36. The van der Waals surface area contributed by atoms with Crippen molar-refractivity contribution in [3.05, 3.63) is 39.5 Å². The van der Waals surface area contributed by atoms with Crippen LogP contribution in [0.25, 0.3) is 10.9 Å². The molecule has 0 radical (unpaired) electrons. The van der Waals surface area contributed by atoms with Crippen molar-refractivity contribution in [3.63, 3.8) is 0 Å². The standard InChI is InChI=1S/C12H9Cl2NO2/c1-2-6-7-4-3-5-8(13)10(7)15-11(14)9(6)12(16)17/h3-5H,2H2,1H3,(H,16,17). The summed E-state index contributed by atoms with van der Waals surface area (Å²) in [6.07, 6.45) is 0.556. The average molecular weight is 270 g/mol. The molecule has 88 valence electrons. The molecule has 1 aromatic carbocycles. The molecular weight excluding hydrogens is 261 g/mol. The van der Waals surface area contributed by atoms with Gasteiger partial charge in [-0.1, -0.05) is 42.3 Å². The molecule has 0 bridgehead atoms. The normalized spacial score (nSPS) is 10.8. The zero-order valence-corrected chi connectivity index (χ0v) is 10.5. The first kappa shape index (κ1) is 12.1. The van der Waals surface area contributed by atoms with Crippen LogP contribution in [0.15, 0.2) is 18.2 Å². The first-order chi connectivity index (χ1) is 8.06. The van der Waals surface area contributed by atoms with Crippen LogP contribution in [0, 0.1) is 0 Å². The minimum absolute atomic E-state index is 0.0186. The Kier molecular flexibility index (Phi) is 3.22. The Balaban J connectivity index is 2.95. The number of aromatic carboxylic acids is 1. The molecule has 0 saturated carbocycles. The van der Waals surface area contributed by atoms with Crippen LogP contribution in [0.5, 0.6) is 0 Å². The van der Waals surface area contributed by atoms with E-state index in [1.165, 1.54) is 0 Å². The number of halogens is 2. The molecule has 0 amide bonds. The van der Waals surface area contributed by atoms with Gasteiger partial charge in [0.05, 0.1) is 10.5 Å². The van der Waals surface area contributed by atoms with Gasteiger partial charge in [0.15, 0.2) is 0 Å². The summed E-state index contributed by atoms with van der Waals surface area (Å²) in [6.45, 7) is 1.87. The topological polar surface area (TPSA) is 50.2 Å². The molecule has 0 aliphatic carbocycles. The molecule has 17 heavy (non-hydrogen) atoms. The predicted octanol–water partition coefficient (Wildman–Crippen LogP) is 3.80. The van der Waals surface area contributed by atoms with E-state index in [4.69, 9.17) is 28.3 Å². The number of benzene rings is 1. The van der Waals surface area contributed by atoms with Gasteiger partial charge in [0.1, 0.15) is 10.7 Å². The third-order valence-corrected chi connectivity index (χ3v) is 3.18. The summed E-state index contributed by atoms with van der Waals surface area (Å²) in [4.78, 5) is 15.2. The summed E-state index contributed by atoms with van der Waals surface area (Å²) in [5.41, 5.74) is 1.26. The van der Waals surface area contributed by atoms with Crippen LogP contribution in [0.2, 0.25) is 10.2 Å². The van der Waals surface area contributed by atoms with Crippen LogP contribution in [-0.4, -0.2) is 16.1 Å². The third kappa shape index (κ3) is 1.96. The van der Waals surface area contributed by atoms with E-state index in [0.717, 1.165) is 5.39 Å². The minimum atomic E-state index is -1.07. The van der Waals surface area contributed by atoms with Crippen LogP contribution in [0.4, 0.5) is 0 Å². The summed E-state index contributed by atoms with van der Waals surface area (Å²) in [7, 11) is 0. The number of carbonyl (C=O) groups is 1. The Morgan fingerprint density at radius 2 is 2.12 bits per heavy atom. The summed E-state index contributed by atoms with van der Waals surface area (Å²) in [5, 5.41) is 10.3. The molecule has 0 saturated heterocycles. The van der Waals surface area contributed by atoms with Crippen LogP contribution in [0.1, 0.15) is 22.8 Å². The zero-order chi connectivity index (χ0) is 12.6. The van der Waals surface area contributed by atoms with Gasteiger partial charge >= 0.3 is 5.97 Å². The second-order valence-corrected chi connectivity index (χ2v) is 4.32. The van der Waals surface area contributed by atoms with Gasteiger partial charge in [-0.2, -0.15) is 0 Å². The monoisotopic (exact) mass is 269 g/mol. The molecule has 3 nitrogen and oxygen atoms in total. The van der Waals surface area contributed by atoms with Crippen molar-refractivity contribution in [2.24, 2.45) is 0 Å². The maximum Gasteiger partial charge on any atom is 0.339 e. The van der Waals surface area contributed by atoms with Gasteiger partial charge in [-0.25, -0.2) is 9.78 Å². The van der Waals surface area contributed by atoms with Gasteiger partial charge in [0.2, 0.25) is 0 Å². The van der Waals surface area contributed by atoms with E-state index in [1.807, 2.05) is 6.92 Å². The molecule has 1 N–H and O–H groups in total. The maximum atomic E-state index is 11.2. The van der Waals surface area contributed by atoms with Crippen molar-refractivity contribution in [2.45, 2.75) is 13.3 Å². The van der Waals surface area contributed by atoms with Crippen molar-refractivity contribution in [1.29, 1.82) is 0 Å². The highest BCUT2D eigenvalue weighted by atomic mass is 35.5. The molecule has 2 rings (SSSR count). The van der Waals surface area contributed by atoms with Crippen LogP contribution in [-0.2, 0) is 6.42 Å². The lowest BCUT2D eigenvalue weighted by Gasteiger charge is -2.10. The van der Waals surface area contributed by atoms with Gasteiger partial charge in [0.25, 0.3) is 0 Å². The highest BCUT2D eigenvalue weighted by Gasteiger charge is 2.19. The van der Waals surface area contributed by atoms with Crippen molar-refractivity contribution in [1.82, 2.24) is 4.98 Å². The average Bonchev–Trinajstić information content (AvgIpc) is 2.28. The lowest BCUT2D eigenvalue weighted by Crippen LogP contribution is -2.05. The molecule has 0 fully saturated rings. The summed E-state index contributed by atoms with van der Waals surface area (Å²) < 4.78 is 0. The maximum absolute atomic E-state index is 11.2. The fourth-order valence-electron chi connectivity index (χ4n) is 1.87. The Bertz CT molecular complexity index is 611. The molecule has 0 unspecified atom stereocenters. The van der Waals surface area contributed by atoms with Crippen LogP contribution in [0.3, 0.4) is 0 Å². The number of pyridine rings is 1. The van der Waals surface area contributed by atoms with E-state index in [9.17, 15) is 4.79 Å². The highest BCUT2D eigenvalue weighted by Crippen LogP contribution is 2.30. The smallest absolute Gasteiger partial charge is 0.339 e. The second-order valence-electron chi connectivity index (χ2n) is 3.55. The quantitative estimate of drug-likeness (QED) is 0.844. The molecule has 1 heterocycles. The number of hydrogen-bond donors (Lipinski definition) is 1. The predicted molar refractivity (Wildman–Crippen MR) is 68.1 cm³/mol. The van der Waals surface area contributed by atoms with Crippen molar-refractivity contribution >= 4 is 40.1 Å². The van der Waals surface area contributed by atoms with Crippen LogP contribution >= 0.6 is 23.2 Å². The zero-order valence-electron chi connectivity index (χ0n) is 9.00. The molecule has 5 heteroatoms. The fourth-order valence-corrected chi connectivity index (χ4v) is 2.37. The first-order valence-electron chi connectivity index (χ1n) is 5.06. The Labute approximate surface area is 108 Å². The van der Waals surface area contributed by atoms with Crippen molar-refractivity contribution < 1.29 is 9.90 Å². The molecule has 1 aromatic heterocycles. The fraction of sp³-hybridized carbons (Fsp3) is 0.167. The number of fused-ring (bicyclic) bond motifs is 1. The third-order valence-electron chi connectivity index (χ3n) is 2.60. The van der Waals surface area contributed by atoms with E-state index in [-0.39, 0.29) is 10.7 Å². The van der Waals surface area contributed by atoms with Gasteiger partial charge in [-0.15, -0.1) is 0 Å². The summed E-state index contributed by atoms with van der Waals surface area (Å²) >= 11 is 11.9. The van der Waals surface area contributed by atoms with Gasteiger partial charge in [0, 0.05) is 5.39 Å². The Hall–Kier alpha value is -1.32. The van der Waals surface area contributed by atoms with E-state index in [0.29, 0.717) is 22.5 Å². The Morgan fingerprint density at radius 1 is 1.41 bits per heavy atom. The number of aromatic nitrogens is 1. The number of carboxylic acid groups (broad SMARTS) is 1. The molecule has 0 aliphatic heterocycles. The molecular formula is C12H9Cl2NO2. The number of para-hydroxylation sites is 1. The van der Waals surface area contributed by atoms with Gasteiger partial charge in [-0.3, -0.25) is 0 Å². The lowest BCUT2D eigenvalue weighted by molar-refractivity contribution is 0.0696. The lowest BCUT2D eigenvalue weighted by atomic mass is 10.0. The molecule has 2 aromatic rings. The van der Waals surface area contributed by atoms with E-state index >= 15 is 0 Å². The molecule has 0 spiro atoms. The number of rotatable bonds is 2. The number of hydrogen-bond acceptors (Lipinski definition) is 2. The largest absolute Gasteiger partial charge is 0.478 e. The van der Waals surface area contributed by atoms with Gasteiger partial charge < -0.3 is 5.11 Å². The molecule has 0 atom stereocenters. The molecule has 0 aliphatic rings.